The van der Waals surface area contributed by atoms with Crippen molar-refractivity contribution in [3.05, 3.63) is 117 Å². The third-order valence-electron chi connectivity index (χ3n) is 6.36. The number of pyridine rings is 3. The highest BCUT2D eigenvalue weighted by Crippen LogP contribution is 2.44. The molecular weight excluding hydrogens is 532 g/mol. The van der Waals surface area contributed by atoms with E-state index in [2.05, 4.69) is 25.9 Å². The van der Waals surface area contributed by atoms with Gasteiger partial charge in [-0.2, -0.15) is 0 Å². The van der Waals surface area contributed by atoms with Crippen LogP contribution in [-0.2, 0) is 17.8 Å². The Hall–Kier alpha value is -4.30. The lowest BCUT2D eigenvalue weighted by Crippen LogP contribution is -2.29. The van der Waals surface area contributed by atoms with Crippen LogP contribution >= 0.6 is 15.9 Å². The van der Waals surface area contributed by atoms with Crippen molar-refractivity contribution in [3.63, 3.8) is 0 Å². The number of anilines is 2. The molecule has 1 aliphatic rings. The first-order valence-electron chi connectivity index (χ1n) is 11.7. The number of halogens is 1. The van der Waals surface area contributed by atoms with Crippen LogP contribution in [0.5, 0.6) is 5.75 Å². The fourth-order valence-corrected chi connectivity index (χ4v) is 5.11. The van der Waals surface area contributed by atoms with Gasteiger partial charge in [0.15, 0.2) is 5.43 Å². The molecule has 7 nitrogen and oxygen atoms in total. The van der Waals surface area contributed by atoms with Crippen molar-refractivity contribution in [2.75, 3.05) is 4.90 Å². The Morgan fingerprint density at radius 2 is 1.70 bits per heavy atom. The largest absolute Gasteiger partial charge is 0.489 e. The summed E-state index contributed by atoms with van der Waals surface area (Å²) >= 11 is 3.54. The summed E-state index contributed by atoms with van der Waals surface area (Å²) in [4.78, 5) is 36.8. The van der Waals surface area contributed by atoms with E-state index in [4.69, 9.17) is 4.74 Å². The highest BCUT2D eigenvalue weighted by atomic mass is 79.9. The number of benzene rings is 2. The smallest absolute Gasteiger partial charge is 0.228 e. The molecule has 2 aromatic carbocycles. The minimum absolute atomic E-state index is 0.104. The fourth-order valence-electron chi connectivity index (χ4n) is 4.76. The van der Waals surface area contributed by atoms with Crippen LogP contribution in [0, 0.1) is 0 Å². The highest BCUT2D eigenvalue weighted by molar-refractivity contribution is 9.10. The van der Waals surface area contributed by atoms with Crippen molar-refractivity contribution in [1.82, 2.24) is 14.5 Å². The standard InChI is InChI=1S/C29H21BrN4O3/c1-18(35)34-26-11-22(30)6-7-25(26)33-16-21(10-19-4-2-8-31-14-19)29(36)24-12-23(13-27(34)28(24)33)37-17-20-5-3-9-32-15-20/h2-9,11-16H,10,17H2,1H3. The predicted molar refractivity (Wildman–Crippen MR) is 146 cm³/mol. The fraction of sp³-hybridized carbons (Fsp3) is 0.103. The summed E-state index contributed by atoms with van der Waals surface area (Å²) < 4.78 is 8.96. The number of nitrogens with zero attached hydrogens (tertiary/aromatic N) is 4. The second-order valence-electron chi connectivity index (χ2n) is 8.87. The van der Waals surface area contributed by atoms with Gasteiger partial charge in [0, 0.05) is 66.0 Å². The number of amides is 1. The maximum Gasteiger partial charge on any atom is 0.228 e. The van der Waals surface area contributed by atoms with E-state index >= 15 is 0 Å². The van der Waals surface area contributed by atoms with E-state index in [1.165, 1.54) is 6.92 Å². The van der Waals surface area contributed by atoms with E-state index in [0.29, 0.717) is 34.3 Å². The minimum atomic E-state index is -0.164. The maximum atomic E-state index is 13.8. The van der Waals surface area contributed by atoms with Crippen LogP contribution in [-0.4, -0.2) is 20.4 Å². The quantitative estimate of drug-likeness (QED) is 0.279. The molecular formula is C29H21BrN4O3. The second kappa shape index (κ2) is 9.29. The summed E-state index contributed by atoms with van der Waals surface area (Å²) in [5, 5.41) is 0.486. The van der Waals surface area contributed by atoms with Gasteiger partial charge in [0.1, 0.15) is 12.4 Å². The number of fused-ring (bicyclic) bond motifs is 2. The van der Waals surface area contributed by atoms with Crippen molar-refractivity contribution >= 4 is 44.1 Å². The molecule has 0 fully saturated rings. The monoisotopic (exact) mass is 552 g/mol. The lowest BCUT2D eigenvalue weighted by molar-refractivity contribution is -0.115. The van der Waals surface area contributed by atoms with Crippen molar-refractivity contribution < 1.29 is 9.53 Å². The molecule has 3 aromatic heterocycles. The van der Waals surface area contributed by atoms with Crippen molar-refractivity contribution in [3.8, 4) is 11.4 Å². The van der Waals surface area contributed by atoms with Gasteiger partial charge in [0.25, 0.3) is 0 Å². The molecule has 0 unspecified atom stereocenters. The molecule has 1 amide bonds. The molecule has 0 atom stereocenters. The molecule has 0 saturated carbocycles. The summed E-state index contributed by atoms with van der Waals surface area (Å²) in [6.45, 7) is 1.80. The first-order chi connectivity index (χ1) is 18.0. The molecule has 5 aromatic rings. The van der Waals surface area contributed by atoms with Crippen LogP contribution in [0.1, 0.15) is 23.6 Å². The maximum absolute atomic E-state index is 13.8. The molecule has 182 valence electrons. The topological polar surface area (TPSA) is 77.3 Å². The Morgan fingerprint density at radius 1 is 0.946 bits per heavy atom. The van der Waals surface area contributed by atoms with Gasteiger partial charge in [-0.15, -0.1) is 0 Å². The molecule has 0 saturated heterocycles. The van der Waals surface area contributed by atoms with Gasteiger partial charge in [-0.25, -0.2) is 0 Å². The number of carbonyl (C=O) groups is 1. The molecule has 37 heavy (non-hydrogen) atoms. The third kappa shape index (κ3) is 4.19. The van der Waals surface area contributed by atoms with E-state index in [9.17, 15) is 9.59 Å². The SMILES string of the molecule is CC(=O)N1c2cc(Br)ccc2-n2cc(Cc3cccnc3)c(=O)c3cc(OCc4cccnc4)cc1c32. The van der Waals surface area contributed by atoms with E-state index < -0.39 is 0 Å². The van der Waals surface area contributed by atoms with Crippen LogP contribution < -0.4 is 15.1 Å². The van der Waals surface area contributed by atoms with Crippen LogP contribution in [0.15, 0.2) is 94.8 Å². The van der Waals surface area contributed by atoms with Crippen LogP contribution in [0.3, 0.4) is 0 Å². The Bertz CT molecular complexity index is 1720. The number of hydrogen-bond donors (Lipinski definition) is 0. The summed E-state index contributed by atoms with van der Waals surface area (Å²) in [7, 11) is 0. The third-order valence-corrected chi connectivity index (χ3v) is 6.86. The van der Waals surface area contributed by atoms with E-state index in [1.807, 2.05) is 59.3 Å². The average molecular weight is 553 g/mol. The molecule has 0 N–H and O–H groups in total. The Labute approximate surface area is 221 Å². The summed E-state index contributed by atoms with van der Waals surface area (Å²) in [6, 6.07) is 17.0. The highest BCUT2D eigenvalue weighted by Gasteiger charge is 2.29. The van der Waals surface area contributed by atoms with Gasteiger partial charge in [-0.05, 0) is 42.0 Å². The predicted octanol–water partition coefficient (Wildman–Crippen LogP) is 5.71. The molecule has 0 bridgehead atoms. The zero-order valence-electron chi connectivity index (χ0n) is 19.9. The molecule has 0 spiro atoms. The average Bonchev–Trinajstić information content (AvgIpc) is 2.90. The Balaban J connectivity index is 1.59. The molecule has 6 rings (SSSR count). The molecule has 4 heterocycles. The van der Waals surface area contributed by atoms with Gasteiger partial charge < -0.3 is 9.30 Å². The van der Waals surface area contributed by atoms with Crippen molar-refractivity contribution in [2.45, 2.75) is 20.0 Å². The van der Waals surface area contributed by atoms with Crippen LogP contribution in [0.25, 0.3) is 16.6 Å². The van der Waals surface area contributed by atoms with E-state index in [-0.39, 0.29) is 17.9 Å². The Kier molecular flexibility index (Phi) is 5.81. The molecule has 1 aliphatic heterocycles. The van der Waals surface area contributed by atoms with Gasteiger partial charge in [-0.1, -0.05) is 28.1 Å². The molecule has 0 aliphatic carbocycles. The van der Waals surface area contributed by atoms with Gasteiger partial charge in [0.2, 0.25) is 5.91 Å². The first kappa shape index (κ1) is 23.1. The molecule has 0 radical (unpaired) electrons. The van der Waals surface area contributed by atoms with Crippen LogP contribution in [0.2, 0.25) is 0 Å². The minimum Gasteiger partial charge on any atom is -0.489 e. The van der Waals surface area contributed by atoms with Crippen molar-refractivity contribution in [2.24, 2.45) is 0 Å². The van der Waals surface area contributed by atoms with Crippen molar-refractivity contribution in [1.29, 1.82) is 0 Å². The zero-order valence-corrected chi connectivity index (χ0v) is 21.5. The number of hydrogen-bond acceptors (Lipinski definition) is 5. The summed E-state index contributed by atoms with van der Waals surface area (Å²) in [6.07, 6.45) is 9.23. The number of aromatic nitrogens is 3. The first-order valence-corrected chi connectivity index (χ1v) is 12.5. The molecule has 8 heteroatoms. The number of ether oxygens (including phenoxy) is 1. The van der Waals surface area contributed by atoms with Gasteiger partial charge >= 0.3 is 0 Å². The zero-order chi connectivity index (χ0) is 25.5. The van der Waals surface area contributed by atoms with E-state index in [0.717, 1.165) is 27.0 Å². The van der Waals surface area contributed by atoms with Gasteiger partial charge in [-0.3, -0.25) is 24.5 Å². The summed E-state index contributed by atoms with van der Waals surface area (Å²) in [5.41, 5.74) is 5.15. The second-order valence-corrected chi connectivity index (χ2v) is 9.78. The lowest BCUT2D eigenvalue weighted by Gasteiger charge is -2.33. The number of rotatable bonds is 5. The lowest BCUT2D eigenvalue weighted by atomic mass is 10.0. The van der Waals surface area contributed by atoms with E-state index in [1.54, 1.807) is 35.8 Å². The Morgan fingerprint density at radius 3 is 2.41 bits per heavy atom. The van der Waals surface area contributed by atoms with Crippen LogP contribution in [0.4, 0.5) is 11.4 Å². The van der Waals surface area contributed by atoms with Gasteiger partial charge in [0.05, 0.1) is 28.0 Å². The normalized spacial score (nSPS) is 11.9. The summed E-state index contributed by atoms with van der Waals surface area (Å²) in [5.74, 6) is 0.335. The number of carbonyl (C=O) groups excluding carboxylic acids is 1.